The van der Waals surface area contributed by atoms with Crippen LogP contribution in [0.15, 0.2) is 47.6 Å². The lowest BCUT2D eigenvalue weighted by molar-refractivity contribution is -0.153. The number of esters is 2. The standard InChI is InChI=1S/C19H24O5/c1-10(2)18(21)24-17-15-13(5)19(22)23-14(15)9-11(3)7-6-8-12(4)16(17)20/h8-9,14-17,20H,1,5-7H2,2-4H3. The number of hydrogen-bond acceptors (Lipinski definition) is 5. The van der Waals surface area contributed by atoms with Gasteiger partial charge in [-0.25, -0.2) is 9.59 Å². The van der Waals surface area contributed by atoms with E-state index in [2.05, 4.69) is 13.2 Å². The van der Waals surface area contributed by atoms with Crippen molar-refractivity contribution < 1.29 is 24.2 Å². The first-order valence-electron chi connectivity index (χ1n) is 8.00. The maximum Gasteiger partial charge on any atom is 0.334 e. The van der Waals surface area contributed by atoms with Gasteiger partial charge in [-0.05, 0) is 45.3 Å². The lowest BCUT2D eigenvalue weighted by Gasteiger charge is -2.31. The molecule has 0 bridgehead atoms. The molecule has 0 saturated carbocycles. The van der Waals surface area contributed by atoms with Gasteiger partial charge < -0.3 is 14.6 Å². The highest BCUT2D eigenvalue weighted by molar-refractivity contribution is 5.92. The van der Waals surface area contributed by atoms with E-state index in [0.717, 1.165) is 18.4 Å². The Kier molecular flexibility index (Phi) is 5.44. The molecule has 1 aliphatic carbocycles. The summed E-state index contributed by atoms with van der Waals surface area (Å²) < 4.78 is 10.9. The predicted octanol–water partition coefficient (Wildman–Crippen LogP) is 2.62. The van der Waals surface area contributed by atoms with Crippen LogP contribution in [0.25, 0.3) is 0 Å². The molecule has 0 radical (unpaired) electrons. The van der Waals surface area contributed by atoms with Crippen molar-refractivity contribution in [3.05, 3.63) is 47.6 Å². The molecule has 1 saturated heterocycles. The summed E-state index contributed by atoms with van der Waals surface area (Å²) in [6.07, 6.45) is 2.71. The smallest absolute Gasteiger partial charge is 0.334 e. The molecule has 0 spiro atoms. The van der Waals surface area contributed by atoms with Crippen molar-refractivity contribution in [1.82, 2.24) is 0 Å². The van der Waals surface area contributed by atoms with Crippen molar-refractivity contribution in [2.24, 2.45) is 5.92 Å². The molecular weight excluding hydrogens is 308 g/mol. The third kappa shape index (κ3) is 3.67. The molecule has 4 unspecified atom stereocenters. The Balaban J connectivity index is 2.47. The molecule has 1 N–H and O–H groups in total. The highest BCUT2D eigenvalue weighted by Gasteiger charge is 2.47. The molecular formula is C19H24O5. The number of ether oxygens (including phenoxy) is 2. The van der Waals surface area contributed by atoms with Crippen LogP contribution in [0.3, 0.4) is 0 Å². The highest BCUT2D eigenvalue weighted by Crippen LogP contribution is 2.36. The van der Waals surface area contributed by atoms with Crippen LogP contribution in [0.1, 0.15) is 33.6 Å². The number of hydrogen-bond donors (Lipinski definition) is 1. The summed E-state index contributed by atoms with van der Waals surface area (Å²) in [4.78, 5) is 24.0. The van der Waals surface area contributed by atoms with Crippen LogP contribution in [0.2, 0.25) is 0 Å². The van der Waals surface area contributed by atoms with E-state index in [1.807, 2.05) is 19.1 Å². The van der Waals surface area contributed by atoms with Gasteiger partial charge in [0.1, 0.15) is 18.3 Å². The molecule has 4 atom stereocenters. The van der Waals surface area contributed by atoms with Crippen LogP contribution < -0.4 is 0 Å². The Labute approximate surface area is 142 Å². The minimum atomic E-state index is -1.04. The number of rotatable bonds is 2. The third-order valence-electron chi connectivity index (χ3n) is 4.44. The van der Waals surface area contributed by atoms with Gasteiger partial charge in [0.15, 0.2) is 0 Å². The lowest BCUT2D eigenvalue weighted by atomic mass is 9.84. The van der Waals surface area contributed by atoms with Gasteiger partial charge in [0.05, 0.1) is 5.92 Å². The summed E-state index contributed by atoms with van der Waals surface area (Å²) in [6, 6.07) is 0. The molecule has 24 heavy (non-hydrogen) atoms. The first-order valence-corrected chi connectivity index (χ1v) is 8.00. The lowest BCUT2D eigenvalue weighted by Crippen LogP contribution is -2.42. The average Bonchev–Trinajstić information content (AvgIpc) is 2.77. The summed E-state index contributed by atoms with van der Waals surface area (Å²) in [5.41, 5.74) is 2.18. The molecule has 130 valence electrons. The van der Waals surface area contributed by atoms with Crippen molar-refractivity contribution >= 4 is 11.9 Å². The van der Waals surface area contributed by atoms with E-state index >= 15 is 0 Å². The summed E-state index contributed by atoms with van der Waals surface area (Å²) in [7, 11) is 0. The van der Waals surface area contributed by atoms with Gasteiger partial charge in [-0.15, -0.1) is 0 Å². The average molecular weight is 332 g/mol. The van der Waals surface area contributed by atoms with E-state index in [1.165, 1.54) is 6.92 Å². The third-order valence-corrected chi connectivity index (χ3v) is 4.44. The predicted molar refractivity (Wildman–Crippen MR) is 90.0 cm³/mol. The van der Waals surface area contributed by atoms with E-state index in [-0.39, 0.29) is 11.1 Å². The molecule has 5 heteroatoms. The fourth-order valence-electron chi connectivity index (χ4n) is 2.96. The molecule has 1 heterocycles. The van der Waals surface area contributed by atoms with Gasteiger partial charge in [-0.1, -0.05) is 24.8 Å². The molecule has 5 nitrogen and oxygen atoms in total. The van der Waals surface area contributed by atoms with Gasteiger partial charge in [0.2, 0.25) is 0 Å². The zero-order chi connectivity index (χ0) is 18.0. The van der Waals surface area contributed by atoms with Gasteiger partial charge in [-0.2, -0.15) is 0 Å². The van der Waals surface area contributed by atoms with E-state index in [0.29, 0.717) is 5.57 Å². The molecule has 0 aromatic carbocycles. The Morgan fingerprint density at radius 1 is 1.42 bits per heavy atom. The van der Waals surface area contributed by atoms with Crippen LogP contribution in [0, 0.1) is 5.92 Å². The Hall–Kier alpha value is -2.14. The molecule has 0 aromatic heterocycles. The first-order chi connectivity index (χ1) is 11.2. The first kappa shape index (κ1) is 18.2. The van der Waals surface area contributed by atoms with Gasteiger partial charge >= 0.3 is 11.9 Å². The molecule has 2 rings (SSSR count). The summed E-state index contributed by atoms with van der Waals surface area (Å²) >= 11 is 0. The second-order valence-corrected chi connectivity index (χ2v) is 6.52. The second-order valence-electron chi connectivity index (χ2n) is 6.52. The van der Waals surface area contributed by atoms with Gasteiger partial charge in [0.25, 0.3) is 0 Å². The summed E-state index contributed by atoms with van der Waals surface area (Å²) in [6.45, 7) is 12.6. The monoisotopic (exact) mass is 332 g/mol. The Bertz CT molecular complexity index is 640. The van der Waals surface area contributed by atoms with Crippen LogP contribution in [0.4, 0.5) is 0 Å². The number of allylic oxidation sites excluding steroid dienone is 2. The number of carbonyl (C=O) groups excluding carboxylic acids is 2. The molecule has 0 aromatic rings. The van der Waals surface area contributed by atoms with Crippen LogP contribution in [-0.2, 0) is 19.1 Å². The van der Waals surface area contributed by atoms with E-state index in [9.17, 15) is 14.7 Å². The minimum absolute atomic E-state index is 0.205. The number of carbonyl (C=O) groups is 2. The minimum Gasteiger partial charge on any atom is -0.455 e. The number of fused-ring (bicyclic) bond motifs is 1. The number of aliphatic hydroxyl groups excluding tert-OH is 1. The number of aliphatic hydroxyl groups is 1. The van der Waals surface area contributed by atoms with E-state index in [4.69, 9.17) is 9.47 Å². The van der Waals surface area contributed by atoms with Gasteiger partial charge in [0, 0.05) is 11.1 Å². The van der Waals surface area contributed by atoms with E-state index < -0.39 is 36.2 Å². The fourth-order valence-corrected chi connectivity index (χ4v) is 2.96. The zero-order valence-electron chi connectivity index (χ0n) is 14.4. The maximum atomic E-state index is 12.0. The summed E-state index contributed by atoms with van der Waals surface area (Å²) in [5, 5.41) is 10.7. The molecule has 1 fully saturated rings. The second kappa shape index (κ2) is 7.18. The van der Waals surface area contributed by atoms with Crippen molar-refractivity contribution in [2.75, 3.05) is 0 Å². The quantitative estimate of drug-likeness (QED) is 0.478. The zero-order valence-corrected chi connectivity index (χ0v) is 14.4. The van der Waals surface area contributed by atoms with Crippen molar-refractivity contribution in [3.8, 4) is 0 Å². The summed E-state index contributed by atoms with van der Waals surface area (Å²) in [5.74, 6) is -1.78. The SMILES string of the molecule is C=C(C)C(=O)OC1C(O)C(C)=CCCC(C)=CC2OC(=O)C(=C)C21. The topological polar surface area (TPSA) is 72.8 Å². The van der Waals surface area contributed by atoms with Crippen LogP contribution >= 0.6 is 0 Å². The van der Waals surface area contributed by atoms with Crippen LogP contribution in [-0.4, -0.2) is 35.4 Å². The largest absolute Gasteiger partial charge is 0.455 e. The molecule has 1 aliphatic heterocycles. The van der Waals surface area contributed by atoms with Crippen molar-refractivity contribution in [2.45, 2.75) is 51.9 Å². The highest BCUT2D eigenvalue weighted by atomic mass is 16.6. The fraction of sp³-hybridized carbons (Fsp3) is 0.474. The van der Waals surface area contributed by atoms with Crippen LogP contribution in [0.5, 0.6) is 0 Å². The van der Waals surface area contributed by atoms with Crippen molar-refractivity contribution in [1.29, 1.82) is 0 Å². The molecule has 2 aliphatic rings. The normalized spacial score (nSPS) is 30.7. The Morgan fingerprint density at radius 2 is 2.08 bits per heavy atom. The maximum absolute atomic E-state index is 12.0. The van der Waals surface area contributed by atoms with E-state index in [1.54, 1.807) is 6.92 Å². The van der Waals surface area contributed by atoms with Crippen molar-refractivity contribution in [3.63, 3.8) is 0 Å². The van der Waals surface area contributed by atoms with Gasteiger partial charge in [-0.3, -0.25) is 0 Å². The Morgan fingerprint density at radius 3 is 2.71 bits per heavy atom. The molecule has 0 amide bonds.